The van der Waals surface area contributed by atoms with Gasteiger partial charge in [0.25, 0.3) is 11.7 Å². The molecule has 33 heavy (non-hydrogen) atoms. The molecule has 0 radical (unpaired) electrons. The van der Waals surface area contributed by atoms with Crippen molar-refractivity contribution < 1.29 is 24.2 Å². The SMILES string of the molecule is Cc1cccc(N2C(=O)C(=O)/C(=C(\O)c3ccc4c(c3)OCCO4)C2c2cccnc2)c1C. The highest BCUT2D eigenvalue weighted by Crippen LogP contribution is 2.44. The summed E-state index contributed by atoms with van der Waals surface area (Å²) in [5.41, 5.74) is 3.49. The van der Waals surface area contributed by atoms with E-state index in [0.29, 0.717) is 41.5 Å². The van der Waals surface area contributed by atoms with Crippen LogP contribution in [0.5, 0.6) is 11.5 Å². The zero-order chi connectivity index (χ0) is 23.1. The molecule has 3 heterocycles. The monoisotopic (exact) mass is 442 g/mol. The smallest absolute Gasteiger partial charge is 0.300 e. The second-order valence-corrected chi connectivity index (χ2v) is 8.03. The van der Waals surface area contributed by atoms with Gasteiger partial charge in [0.05, 0.1) is 11.6 Å². The van der Waals surface area contributed by atoms with Gasteiger partial charge in [-0.15, -0.1) is 0 Å². The molecule has 2 aliphatic heterocycles. The van der Waals surface area contributed by atoms with Crippen molar-refractivity contribution in [3.05, 3.63) is 88.8 Å². The molecule has 0 aliphatic carbocycles. The van der Waals surface area contributed by atoms with Crippen LogP contribution in [0.1, 0.15) is 28.3 Å². The van der Waals surface area contributed by atoms with E-state index in [9.17, 15) is 14.7 Å². The number of amides is 1. The first-order valence-corrected chi connectivity index (χ1v) is 10.6. The largest absolute Gasteiger partial charge is 0.507 e. The molecule has 1 N–H and O–H groups in total. The van der Waals surface area contributed by atoms with Gasteiger partial charge in [0, 0.05) is 23.6 Å². The fraction of sp³-hybridized carbons (Fsp3) is 0.192. The van der Waals surface area contributed by atoms with Crippen LogP contribution < -0.4 is 14.4 Å². The molecule has 2 aliphatic rings. The zero-order valence-electron chi connectivity index (χ0n) is 18.2. The molecular formula is C26H22N2O5. The summed E-state index contributed by atoms with van der Waals surface area (Å²) in [6.07, 6.45) is 3.22. The molecule has 1 amide bonds. The van der Waals surface area contributed by atoms with Crippen LogP contribution in [0.3, 0.4) is 0 Å². The Morgan fingerprint density at radius 1 is 1.03 bits per heavy atom. The van der Waals surface area contributed by atoms with Crippen LogP contribution in [0.4, 0.5) is 5.69 Å². The maximum Gasteiger partial charge on any atom is 0.300 e. The van der Waals surface area contributed by atoms with E-state index < -0.39 is 17.7 Å². The molecule has 2 aromatic carbocycles. The average Bonchev–Trinajstić information content (AvgIpc) is 3.11. The minimum absolute atomic E-state index is 0.00517. The van der Waals surface area contributed by atoms with Crippen molar-refractivity contribution in [1.82, 2.24) is 4.98 Å². The van der Waals surface area contributed by atoms with Crippen molar-refractivity contribution in [3.63, 3.8) is 0 Å². The zero-order valence-corrected chi connectivity index (χ0v) is 18.2. The van der Waals surface area contributed by atoms with Crippen LogP contribution in [0.25, 0.3) is 5.76 Å². The third kappa shape index (κ3) is 3.42. The molecule has 0 saturated carbocycles. The third-order valence-electron chi connectivity index (χ3n) is 6.10. The molecule has 7 nitrogen and oxygen atoms in total. The van der Waals surface area contributed by atoms with E-state index in [4.69, 9.17) is 9.47 Å². The number of anilines is 1. The number of aromatic nitrogens is 1. The summed E-state index contributed by atoms with van der Waals surface area (Å²) >= 11 is 0. The van der Waals surface area contributed by atoms with Crippen LogP contribution >= 0.6 is 0 Å². The second-order valence-electron chi connectivity index (χ2n) is 8.03. The van der Waals surface area contributed by atoms with E-state index in [0.717, 1.165) is 11.1 Å². The number of aliphatic hydroxyl groups is 1. The number of pyridine rings is 1. The molecular weight excluding hydrogens is 420 g/mol. The highest BCUT2D eigenvalue weighted by atomic mass is 16.6. The normalized spacial score (nSPS) is 19.1. The van der Waals surface area contributed by atoms with Gasteiger partial charge in [0.1, 0.15) is 19.0 Å². The van der Waals surface area contributed by atoms with Crippen molar-refractivity contribution in [1.29, 1.82) is 0 Å². The minimum atomic E-state index is -0.826. The lowest BCUT2D eigenvalue weighted by Gasteiger charge is -2.27. The van der Waals surface area contributed by atoms with Gasteiger partial charge in [0.15, 0.2) is 11.5 Å². The first-order valence-electron chi connectivity index (χ1n) is 10.6. The maximum absolute atomic E-state index is 13.3. The standard InChI is InChI=1S/C26H22N2O5/c1-15-5-3-7-19(16(15)2)28-23(18-6-4-10-27-14-18)22(25(30)26(28)31)24(29)17-8-9-20-21(13-17)33-12-11-32-20/h3-10,13-14,23,29H,11-12H2,1-2H3/b24-22-. The number of hydrogen-bond donors (Lipinski definition) is 1. The van der Waals surface area contributed by atoms with E-state index in [-0.39, 0.29) is 11.3 Å². The summed E-state index contributed by atoms with van der Waals surface area (Å²) < 4.78 is 11.2. The molecule has 0 bridgehead atoms. The van der Waals surface area contributed by atoms with E-state index in [1.54, 1.807) is 48.8 Å². The predicted octanol–water partition coefficient (Wildman–Crippen LogP) is 4.10. The highest BCUT2D eigenvalue weighted by molar-refractivity contribution is 6.51. The Kier molecular flexibility index (Phi) is 5.09. The third-order valence-corrected chi connectivity index (χ3v) is 6.10. The first kappa shape index (κ1) is 20.8. The van der Waals surface area contributed by atoms with Gasteiger partial charge in [-0.1, -0.05) is 18.2 Å². The van der Waals surface area contributed by atoms with Gasteiger partial charge < -0.3 is 14.6 Å². The van der Waals surface area contributed by atoms with Crippen molar-refractivity contribution in [2.75, 3.05) is 18.1 Å². The van der Waals surface area contributed by atoms with Crippen molar-refractivity contribution in [2.45, 2.75) is 19.9 Å². The molecule has 1 saturated heterocycles. The second kappa shape index (κ2) is 8.09. The van der Waals surface area contributed by atoms with Crippen molar-refractivity contribution in [3.8, 4) is 11.5 Å². The number of hydrogen-bond acceptors (Lipinski definition) is 6. The Bertz CT molecular complexity index is 1300. The first-order chi connectivity index (χ1) is 16.0. The Morgan fingerprint density at radius 3 is 2.58 bits per heavy atom. The molecule has 1 unspecified atom stereocenters. The van der Waals surface area contributed by atoms with Gasteiger partial charge in [-0.2, -0.15) is 0 Å². The summed E-state index contributed by atoms with van der Waals surface area (Å²) in [7, 11) is 0. The molecule has 0 spiro atoms. The number of rotatable bonds is 3. The summed E-state index contributed by atoms with van der Waals surface area (Å²) in [5, 5.41) is 11.3. The molecule has 1 atom stereocenters. The quantitative estimate of drug-likeness (QED) is 0.373. The van der Waals surface area contributed by atoms with E-state index in [2.05, 4.69) is 4.98 Å². The number of carbonyl (C=O) groups is 2. The molecule has 3 aromatic rings. The van der Waals surface area contributed by atoms with Crippen molar-refractivity contribution in [2.24, 2.45) is 0 Å². The van der Waals surface area contributed by atoms with E-state index >= 15 is 0 Å². The number of aliphatic hydroxyl groups excluding tert-OH is 1. The summed E-state index contributed by atoms with van der Waals surface area (Å²) in [6.45, 7) is 4.69. The Morgan fingerprint density at radius 2 is 1.82 bits per heavy atom. The topological polar surface area (TPSA) is 89.0 Å². The lowest BCUT2D eigenvalue weighted by molar-refractivity contribution is -0.132. The molecule has 166 valence electrons. The fourth-order valence-corrected chi connectivity index (χ4v) is 4.28. The fourth-order valence-electron chi connectivity index (χ4n) is 4.28. The number of ether oxygens (including phenoxy) is 2. The average molecular weight is 442 g/mol. The Labute approximate surface area is 190 Å². The van der Waals surface area contributed by atoms with Gasteiger partial charge in [-0.05, 0) is 60.9 Å². The summed E-state index contributed by atoms with van der Waals surface area (Å²) in [5.74, 6) is -0.676. The number of Topliss-reactive ketones (excluding diaryl/α,β-unsaturated/α-hetero) is 1. The summed E-state index contributed by atoms with van der Waals surface area (Å²) in [4.78, 5) is 32.2. The number of carbonyl (C=O) groups excluding carboxylic acids is 2. The maximum atomic E-state index is 13.3. The van der Waals surface area contributed by atoms with E-state index in [1.165, 1.54) is 4.90 Å². The Balaban J connectivity index is 1.71. The van der Waals surface area contributed by atoms with Crippen LogP contribution in [-0.2, 0) is 9.59 Å². The van der Waals surface area contributed by atoms with Crippen LogP contribution in [0, 0.1) is 13.8 Å². The molecule has 1 fully saturated rings. The lowest BCUT2D eigenvalue weighted by Crippen LogP contribution is -2.30. The van der Waals surface area contributed by atoms with Crippen LogP contribution in [-0.4, -0.2) is 35.0 Å². The minimum Gasteiger partial charge on any atom is -0.507 e. The van der Waals surface area contributed by atoms with Gasteiger partial charge in [0.2, 0.25) is 0 Å². The lowest BCUT2D eigenvalue weighted by atomic mass is 9.95. The number of benzene rings is 2. The molecule has 7 heteroatoms. The number of nitrogens with zero attached hydrogens (tertiary/aromatic N) is 2. The van der Waals surface area contributed by atoms with E-state index in [1.807, 2.05) is 26.0 Å². The summed E-state index contributed by atoms with van der Waals surface area (Å²) in [6, 6.07) is 13.3. The van der Waals surface area contributed by atoms with Gasteiger partial charge in [-0.3, -0.25) is 19.5 Å². The van der Waals surface area contributed by atoms with Gasteiger partial charge in [-0.25, -0.2) is 0 Å². The van der Waals surface area contributed by atoms with Crippen molar-refractivity contribution >= 4 is 23.1 Å². The number of fused-ring (bicyclic) bond motifs is 1. The number of ketones is 1. The number of aryl methyl sites for hydroxylation is 1. The van der Waals surface area contributed by atoms with Crippen LogP contribution in [0.2, 0.25) is 0 Å². The van der Waals surface area contributed by atoms with Crippen LogP contribution in [0.15, 0.2) is 66.5 Å². The van der Waals surface area contributed by atoms with Gasteiger partial charge >= 0.3 is 0 Å². The predicted molar refractivity (Wildman–Crippen MR) is 122 cm³/mol. The molecule has 1 aromatic heterocycles. The Hall–Kier alpha value is -4.13. The molecule has 5 rings (SSSR count). The highest BCUT2D eigenvalue weighted by Gasteiger charge is 2.47.